The minimum absolute atomic E-state index is 0.160. The van der Waals surface area contributed by atoms with Gasteiger partial charge in [0.1, 0.15) is 5.75 Å². The van der Waals surface area contributed by atoms with Gasteiger partial charge < -0.3 is 14.5 Å². The van der Waals surface area contributed by atoms with Gasteiger partial charge in [-0.1, -0.05) is 36.4 Å². The van der Waals surface area contributed by atoms with Crippen molar-refractivity contribution in [2.45, 2.75) is 45.3 Å². The van der Waals surface area contributed by atoms with Gasteiger partial charge in [0.2, 0.25) is 5.89 Å². The molecule has 0 bridgehead atoms. The van der Waals surface area contributed by atoms with E-state index in [2.05, 4.69) is 25.7 Å². The summed E-state index contributed by atoms with van der Waals surface area (Å²) in [7, 11) is 0. The first kappa shape index (κ1) is 18.5. The van der Waals surface area contributed by atoms with Crippen molar-refractivity contribution < 1.29 is 9.15 Å². The largest absolute Gasteiger partial charge is 0.491 e. The third-order valence-corrected chi connectivity index (χ3v) is 5.01. The van der Waals surface area contributed by atoms with Crippen LogP contribution in [0, 0.1) is 0 Å². The number of ether oxygens (including phenoxy) is 1. The minimum atomic E-state index is 0.160. The molecule has 7 nitrogen and oxygen atoms in total. The average Bonchev–Trinajstić information content (AvgIpc) is 3.50. The standard InChI is InChI=1S/C23H23N5O2/c1-14(2)29-17-11-7-15(8-12-17)13-24-21-19-6-4-3-5-18(19)20(25-26-21)23-28-27-22(30-23)16-9-10-16/h3-8,11-12,14,16H,9-10,13H2,1-2H3,(H,24,26). The number of anilines is 1. The lowest BCUT2D eigenvalue weighted by Crippen LogP contribution is -2.06. The third-order valence-electron chi connectivity index (χ3n) is 5.01. The Bertz CT molecular complexity index is 1170. The molecule has 30 heavy (non-hydrogen) atoms. The number of hydrogen-bond donors (Lipinski definition) is 1. The van der Waals surface area contributed by atoms with Crippen molar-refractivity contribution in [3.8, 4) is 17.3 Å². The molecule has 1 aliphatic rings. The van der Waals surface area contributed by atoms with Crippen LogP contribution in [0.2, 0.25) is 0 Å². The topological polar surface area (TPSA) is 86.0 Å². The quantitative estimate of drug-likeness (QED) is 0.468. The average molecular weight is 401 g/mol. The van der Waals surface area contributed by atoms with E-state index in [4.69, 9.17) is 9.15 Å². The second-order valence-corrected chi connectivity index (χ2v) is 7.83. The van der Waals surface area contributed by atoms with Gasteiger partial charge in [0, 0.05) is 23.2 Å². The Morgan fingerprint density at radius 1 is 0.967 bits per heavy atom. The van der Waals surface area contributed by atoms with Crippen molar-refractivity contribution in [3.05, 3.63) is 60.0 Å². The number of benzene rings is 2. The van der Waals surface area contributed by atoms with Crippen LogP contribution in [-0.4, -0.2) is 26.5 Å². The van der Waals surface area contributed by atoms with Crippen molar-refractivity contribution >= 4 is 16.6 Å². The lowest BCUT2D eigenvalue weighted by atomic mass is 10.1. The van der Waals surface area contributed by atoms with E-state index in [0.717, 1.165) is 40.7 Å². The number of hydrogen-bond acceptors (Lipinski definition) is 7. The second-order valence-electron chi connectivity index (χ2n) is 7.83. The third kappa shape index (κ3) is 3.83. The van der Waals surface area contributed by atoms with Crippen LogP contribution in [0.5, 0.6) is 5.75 Å². The van der Waals surface area contributed by atoms with Gasteiger partial charge >= 0.3 is 0 Å². The predicted octanol–water partition coefficient (Wildman–Crippen LogP) is 4.96. The van der Waals surface area contributed by atoms with Crippen LogP contribution >= 0.6 is 0 Å². The summed E-state index contributed by atoms with van der Waals surface area (Å²) in [6, 6.07) is 16.0. The molecule has 0 saturated heterocycles. The van der Waals surface area contributed by atoms with E-state index >= 15 is 0 Å². The molecule has 0 spiro atoms. The fraction of sp³-hybridized carbons (Fsp3) is 0.304. The number of fused-ring (bicyclic) bond motifs is 1. The van der Waals surface area contributed by atoms with E-state index in [1.807, 2.05) is 62.4 Å². The van der Waals surface area contributed by atoms with Crippen LogP contribution in [0.4, 0.5) is 5.82 Å². The van der Waals surface area contributed by atoms with Crippen molar-refractivity contribution in [2.24, 2.45) is 0 Å². The van der Waals surface area contributed by atoms with E-state index in [-0.39, 0.29) is 6.10 Å². The highest BCUT2D eigenvalue weighted by molar-refractivity contribution is 5.98. The van der Waals surface area contributed by atoms with Crippen LogP contribution in [0.15, 0.2) is 52.9 Å². The molecule has 152 valence electrons. The maximum atomic E-state index is 5.85. The highest BCUT2D eigenvalue weighted by Gasteiger charge is 2.30. The first-order chi connectivity index (χ1) is 14.7. The zero-order valence-electron chi connectivity index (χ0n) is 17.0. The molecule has 1 N–H and O–H groups in total. The molecule has 1 aliphatic carbocycles. The number of nitrogens with one attached hydrogen (secondary N) is 1. The molecule has 0 unspecified atom stereocenters. The maximum absolute atomic E-state index is 5.85. The molecule has 1 saturated carbocycles. The highest BCUT2D eigenvalue weighted by Crippen LogP contribution is 2.40. The SMILES string of the molecule is CC(C)Oc1ccc(CNc2nnc(-c3nnc(C4CC4)o3)c3ccccc23)cc1. The van der Waals surface area contributed by atoms with Gasteiger partial charge in [-0.2, -0.15) is 0 Å². The van der Waals surface area contributed by atoms with Gasteiger partial charge in [0.15, 0.2) is 11.5 Å². The summed E-state index contributed by atoms with van der Waals surface area (Å²) in [5, 5.41) is 22.5. The Balaban J connectivity index is 1.38. The molecule has 0 amide bonds. The summed E-state index contributed by atoms with van der Waals surface area (Å²) in [5.41, 5.74) is 1.75. The number of aromatic nitrogens is 4. The molecular formula is C23H23N5O2. The van der Waals surface area contributed by atoms with Gasteiger partial charge in [-0.3, -0.25) is 0 Å². The van der Waals surface area contributed by atoms with Gasteiger partial charge in [0.05, 0.1) is 6.10 Å². The Morgan fingerprint density at radius 3 is 2.47 bits per heavy atom. The second kappa shape index (κ2) is 7.74. The van der Waals surface area contributed by atoms with E-state index in [0.29, 0.717) is 29.9 Å². The van der Waals surface area contributed by atoms with Gasteiger partial charge in [-0.15, -0.1) is 20.4 Å². The molecule has 0 aliphatic heterocycles. The van der Waals surface area contributed by atoms with Crippen LogP contribution in [-0.2, 0) is 6.54 Å². The van der Waals surface area contributed by atoms with Crippen LogP contribution in [0.3, 0.4) is 0 Å². The Hall–Kier alpha value is -3.48. The zero-order chi connectivity index (χ0) is 20.5. The van der Waals surface area contributed by atoms with E-state index < -0.39 is 0 Å². The molecule has 0 atom stereocenters. The van der Waals surface area contributed by atoms with Gasteiger partial charge in [-0.05, 0) is 44.4 Å². The monoisotopic (exact) mass is 401 g/mol. The van der Waals surface area contributed by atoms with Crippen molar-refractivity contribution in [2.75, 3.05) is 5.32 Å². The summed E-state index contributed by atoms with van der Waals surface area (Å²) >= 11 is 0. The molecule has 4 aromatic rings. The lowest BCUT2D eigenvalue weighted by molar-refractivity contribution is 0.242. The molecule has 5 rings (SSSR count). The fourth-order valence-corrected chi connectivity index (χ4v) is 3.36. The van der Waals surface area contributed by atoms with Crippen molar-refractivity contribution in [1.29, 1.82) is 0 Å². The van der Waals surface area contributed by atoms with Gasteiger partial charge in [0.25, 0.3) is 5.89 Å². The predicted molar refractivity (Wildman–Crippen MR) is 114 cm³/mol. The Labute approximate surface area is 174 Å². The fourth-order valence-electron chi connectivity index (χ4n) is 3.36. The van der Waals surface area contributed by atoms with E-state index in [9.17, 15) is 0 Å². The highest BCUT2D eigenvalue weighted by atomic mass is 16.5. The van der Waals surface area contributed by atoms with E-state index in [1.165, 1.54) is 0 Å². The Morgan fingerprint density at radius 2 is 1.73 bits per heavy atom. The Kier molecular flexibility index (Phi) is 4.78. The normalized spacial score (nSPS) is 13.7. The van der Waals surface area contributed by atoms with Crippen molar-refractivity contribution in [3.63, 3.8) is 0 Å². The number of nitrogens with zero attached hydrogens (tertiary/aromatic N) is 4. The first-order valence-corrected chi connectivity index (χ1v) is 10.3. The van der Waals surface area contributed by atoms with E-state index in [1.54, 1.807) is 0 Å². The molecule has 2 aromatic carbocycles. The molecule has 0 radical (unpaired) electrons. The maximum Gasteiger partial charge on any atom is 0.268 e. The smallest absolute Gasteiger partial charge is 0.268 e. The molecule has 2 aromatic heterocycles. The lowest BCUT2D eigenvalue weighted by Gasteiger charge is -2.12. The molecular weight excluding hydrogens is 378 g/mol. The molecule has 2 heterocycles. The van der Waals surface area contributed by atoms with Crippen LogP contribution < -0.4 is 10.1 Å². The summed E-state index contributed by atoms with van der Waals surface area (Å²) in [4.78, 5) is 0. The summed E-state index contributed by atoms with van der Waals surface area (Å²) < 4.78 is 11.6. The first-order valence-electron chi connectivity index (χ1n) is 10.3. The zero-order valence-corrected chi connectivity index (χ0v) is 17.0. The summed E-state index contributed by atoms with van der Waals surface area (Å²) in [6.07, 6.45) is 2.39. The summed E-state index contributed by atoms with van der Waals surface area (Å²) in [5.74, 6) is 3.12. The summed E-state index contributed by atoms with van der Waals surface area (Å²) in [6.45, 7) is 4.67. The molecule has 7 heteroatoms. The molecule has 1 fully saturated rings. The van der Waals surface area contributed by atoms with Crippen LogP contribution in [0.1, 0.15) is 44.1 Å². The number of rotatable bonds is 7. The van der Waals surface area contributed by atoms with Crippen molar-refractivity contribution in [1.82, 2.24) is 20.4 Å². The minimum Gasteiger partial charge on any atom is -0.491 e. The van der Waals surface area contributed by atoms with Crippen LogP contribution in [0.25, 0.3) is 22.4 Å². The van der Waals surface area contributed by atoms with Gasteiger partial charge in [-0.25, -0.2) is 0 Å².